The number of amides is 2. The van der Waals surface area contributed by atoms with Crippen LogP contribution in [0.25, 0.3) is 0 Å². The van der Waals surface area contributed by atoms with Gasteiger partial charge in [-0.15, -0.1) is 0 Å². The molecule has 1 aromatic rings. The molecule has 2 amide bonds. The molecular formula is C14H15FN2O3. The van der Waals surface area contributed by atoms with Crippen molar-refractivity contribution in [3.05, 3.63) is 24.0 Å². The Morgan fingerprint density at radius 3 is 2.70 bits per heavy atom. The van der Waals surface area contributed by atoms with Crippen LogP contribution in [-0.4, -0.2) is 25.5 Å². The number of hydrogen-bond donors (Lipinski definition) is 2. The number of anilines is 1. The molecule has 5 nitrogen and oxygen atoms in total. The van der Waals surface area contributed by atoms with Gasteiger partial charge in [0.2, 0.25) is 5.91 Å². The summed E-state index contributed by atoms with van der Waals surface area (Å²) in [5.41, 5.74) is -0.0462. The second-order valence-electron chi connectivity index (χ2n) is 5.32. The average Bonchev–Trinajstić information content (AvgIpc) is 3.27. The van der Waals surface area contributed by atoms with Crippen molar-refractivity contribution in [2.45, 2.75) is 12.8 Å². The fourth-order valence-corrected chi connectivity index (χ4v) is 2.23. The third-order valence-electron chi connectivity index (χ3n) is 3.97. The van der Waals surface area contributed by atoms with Gasteiger partial charge >= 0.3 is 0 Å². The Hall–Kier alpha value is -2.11. The monoisotopic (exact) mass is 278 g/mol. The number of hydrogen-bond acceptors (Lipinski definition) is 3. The number of halogens is 1. The predicted molar refractivity (Wildman–Crippen MR) is 69.7 cm³/mol. The zero-order valence-corrected chi connectivity index (χ0v) is 11.0. The predicted octanol–water partition coefficient (Wildman–Crippen LogP) is 1.30. The third-order valence-corrected chi connectivity index (χ3v) is 3.97. The Morgan fingerprint density at radius 2 is 2.15 bits per heavy atom. The fourth-order valence-electron chi connectivity index (χ4n) is 2.23. The Balaban J connectivity index is 1.61. The summed E-state index contributed by atoms with van der Waals surface area (Å²) in [7, 11) is 1.49. The minimum atomic E-state index is -0.568. The van der Waals surface area contributed by atoms with Gasteiger partial charge in [0.15, 0.2) is 6.61 Å². The molecule has 0 radical (unpaired) electrons. The number of carbonyl (C=O) groups is 2. The molecule has 3 rings (SSSR count). The quantitative estimate of drug-likeness (QED) is 0.853. The molecule has 0 bridgehead atoms. The maximum Gasteiger partial charge on any atom is 0.257 e. The number of fused-ring (bicyclic) bond motifs is 1. The SMILES string of the molecule is CNC(=O)COc1ccc(NC(=O)C23CC2C3)c(F)c1. The Labute approximate surface area is 115 Å². The first-order valence-corrected chi connectivity index (χ1v) is 6.49. The smallest absolute Gasteiger partial charge is 0.257 e. The van der Waals surface area contributed by atoms with Crippen molar-refractivity contribution in [1.29, 1.82) is 0 Å². The highest BCUT2D eigenvalue weighted by atomic mass is 19.1. The summed E-state index contributed by atoms with van der Waals surface area (Å²) in [5, 5.41) is 5.01. The average molecular weight is 278 g/mol. The molecule has 2 saturated carbocycles. The summed E-state index contributed by atoms with van der Waals surface area (Å²) >= 11 is 0. The Kier molecular flexibility index (Phi) is 2.88. The summed E-state index contributed by atoms with van der Waals surface area (Å²) in [6, 6.07) is 4.13. The highest BCUT2D eigenvalue weighted by Gasteiger charge is 2.74. The van der Waals surface area contributed by atoms with Crippen LogP contribution in [0.2, 0.25) is 0 Å². The number of ether oxygens (including phenoxy) is 1. The molecule has 20 heavy (non-hydrogen) atoms. The van der Waals surface area contributed by atoms with E-state index >= 15 is 0 Å². The van der Waals surface area contributed by atoms with Crippen molar-refractivity contribution in [1.82, 2.24) is 5.32 Å². The van der Waals surface area contributed by atoms with Crippen LogP contribution in [-0.2, 0) is 9.59 Å². The first-order chi connectivity index (χ1) is 9.55. The molecule has 0 unspecified atom stereocenters. The van der Waals surface area contributed by atoms with Crippen LogP contribution in [0.4, 0.5) is 10.1 Å². The number of likely N-dealkylation sites (N-methyl/N-ethyl adjacent to an activating group) is 1. The summed E-state index contributed by atoms with van der Waals surface area (Å²) in [6.45, 7) is -0.174. The maximum absolute atomic E-state index is 13.8. The maximum atomic E-state index is 13.8. The second-order valence-corrected chi connectivity index (χ2v) is 5.32. The number of benzene rings is 1. The van der Waals surface area contributed by atoms with Crippen LogP contribution < -0.4 is 15.4 Å². The van der Waals surface area contributed by atoms with Gasteiger partial charge in [0.25, 0.3) is 5.91 Å². The highest BCUT2D eigenvalue weighted by Crippen LogP contribution is 2.75. The Morgan fingerprint density at radius 1 is 1.45 bits per heavy atom. The van der Waals surface area contributed by atoms with E-state index in [2.05, 4.69) is 10.6 Å². The van der Waals surface area contributed by atoms with Gasteiger partial charge in [-0.05, 0) is 30.9 Å². The van der Waals surface area contributed by atoms with Crippen LogP contribution in [0.5, 0.6) is 5.75 Å². The van der Waals surface area contributed by atoms with Crippen LogP contribution in [0.3, 0.4) is 0 Å². The first kappa shape index (κ1) is 12.9. The van der Waals surface area contributed by atoms with E-state index in [4.69, 9.17) is 4.74 Å². The van der Waals surface area contributed by atoms with E-state index in [1.54, 1.807) is 0 Å². The molecule has 0 saturated heterocycles. The molecule has 6 heteroatoms. The molecule has 106 valence electrons. The summed E-state index contributed by atoms with van der Waals surface area (Å²) < 4.78 is 19.0. The van der Waals surface area contributed by atoms with E-state index in [9.17, 15) is 14.0 Å². The second kappa shape index (κ2) is 4.47. The molecule has 0 aromatic heterocycles. The van der Waals surface area contributed by atoms with E-state index in [1.807, 2.05) is 0 Å². The first-order valence-electron chi connectivity index (χ1n) is 6.49. The molecule has 0 heterocycles. The number of rotatable bonds is 5. The molecule has 2 aliphatic rings. The van der Waals surface area contributed by atoms with Gasteiger partial charge in [-0.1, -0.05) is 0 Å². The van der Waals surface area contributed by atoms with Gasteiger partial charge in [0.05, 0.1) is 11.1 Å². The lowest BCUT2D eigenvalue weighted by Gasteiger charge is -2.10. The third kappa shape index (κ3) is 2.21. The number of nitrogens with one attached hydrogen (secondary N) is 2. The zero-order chi connectivity index (χ0) is 14.3. The van der Waals surface area contributed by atoms with Gasteiger partial charge in [0, 0.05) is 13.1 Å². The minimum absolute atomic E-state index is 0.0968. The molecule has 0 atom stereocenters. The summed E-state index contributed by atoms with van der Waals surface area (Å²) in [6.07, 6.45) is 1.85. The van der Waals surface area contributed by atoms with Crippen LogP contribution in [0.15, 0.2) is 18.2 Å². The highest BCUT2D eigenvalue weighted by molar-refractivity contribution is 6.00. The minimum Gasteiger partial charge on any atom is -0.484 e. The number of carbonyl (C=O) groups excluding carboxylic acids is 2. The van der Waals surface area contributed by atoms with E-state index in [1.165, 1.54) is 19.2 Å². The van der Waals surface area contributed by atoms with Gasteiger partial charge in [0.1, 0.15) is 11.6 Å². The van der Waals surface area contributed by atoms with Gasteiger partial charge in [-0.25, -0.2) is 4.39 Å². The van der Waals surface area contributed by atoms with Gasteiger partial charge in [-0.3, -0.25) is 9.59 Å². The lowest BCUT2D eigenvalue weighted by Crippen LogP contribution is -2.24. The van der Waals surface area contributed by atoms with E-state index in [-0.39, 0.29) is 35.3 Å². The van der Waals surface area contributed by atoms with Gasteiger partial charge < -0.3 is 15.4 Å². The molecule has 2 aliphatic carbocycles. The summed E-state index contributed by atoms with van der Waals surface area (Å²) in [5.74, 6) is -0.198. The van der Waals surface area contributed by atoms with Gasteiger partial charge in [-0.2, -0.15) is 0 Å². The summed E-state index contributed by atoms with van der Waals surface area (Å²) in [4.78, 5) is 22.9. The van der Waals surface area contributed by atoms with Crippen molar-refractivity contribution in [3.8, 4) is 5.75 Å². The zero-order valence-electron chi connectivity index (χ0n) is 11.0. The van der Waals surface area contributed by atoms with E-state index < -0.39 is 5.82 Å². The van der Waals surface area contributed by atoms with Crippen molar-refractivity contribution < 1.29 is 18.7 Å². The van der Waals surface area contributed by atoms with E-state index in [0.717, 1.165) is 18.9 Å². The van der Waals surface area contributed by atoms with Crippen LogP contribution in [0.1, 0.15) is 12.8 Å². The molecule has 0 spiro atoms. The molecular weight excluding hydrogens is 263 g/mol. The van der Waals surface area contributed by atoms with Crippen molar-refractivity contribution in [2.24, 2.45) is 11.3 Å². The van der Waals surface area contributed by atoms with Crippen LogP contribution >= 0.6 is 0 Å². The molecule has 2 N–H and O–H groups in total. The van der Waals surface area contributed by atoms with Crippen LogP contribution in [0, 0.1) is 17.2 Å². The molecule has 2 fully saturated rings. The molecule has 0 aliphatic heterocycles. The van der Waals surface area contributed by atoms with Crippen molar-refractivity contribution >= 4 is 17.5 Å². The van der Waals surface area contributed by atoms with E-state index in [0.29, 0.717) is 5.92 Å². The fraction of sp³-hybridized carbons (Fsp3) is 0.429. The lowest BCUT2D eigenvalue weighted by atomic mass is 10.2. The van der Waals surface area contributed by atoms with Crippen molar-refractivity contribution in [3.63, 3.8) is 0 Å². The molecule has 1 aromatic carbocycles. The Bertz CT molecular complexity index is 582. The lowest BCUT2D eigenvalue weighted by molar-refractivity contribution is -0.122. The van der Waals surface area contributed by atoms with Crippen molar-refractivity contribution in [2.75, 3.05) is 19.0 Å². The largest absolute Gasteiger partial charge is 0.484 e. The topological polar surface area (TPSA) is 67.4 Å². The standard InChI is InChI=1S/C14H15FN2O3/c1-16-12(18)7-20-9-2-3-11(10(15)4-9)17-13(19)14-5-8(14)6-14/h2-4,8H,5-7H2,1H3,(H,16,18)(H,17,19). The normalized spacial score (nSPS) is 25.4.